The van der Waals surface area contributed by atoms with E-state index in [1.54, 1.807) is 39.0 Å². The molecule has 3 fully saturated rings. The van der Waals surface area contributed by atoms with E-state index in [1.165, 1.54) is 7.11 Å². The first kappa shape index (κ1) is 31.6. The number of hydrogen-bond acceptors (Lipinski definition) is 8. The summed E-state index contributed by atoms with van der Waals surface area (Å²) < 4.78 is 49.2. The van der Waals surface area contributed by atoms with Crippen molar-refractivity contribution in [3.05, 3.63) is 23.9 Å². The molecule has 2 saturated carbocycles. The van der Waals surface area contributed by atoms with Gasteiger partial charge in [-0.3, -0.25) is 9.59 Å². The van der Waals surface area contributed by atoms with Crippen molar-refractivity contribution in [3.8, 4) is 11.6 Å². The molecule has 2 aliphatic carbocycles. The van der Waals surface area contributed by atoms with Crippen LogP contribution in [0.15, 0.2) is 18.2 Å². The van der Waals surface area contributed by atoms with Crippen LogP contribution in [0.3, 0.4) is 0 Å². The summed E-state index contributed by atoms with van der Waals surface area (Å²) in [4.78, 5) is 49.8. The number of ether oxygens (including phenoxy) is 3. The molecule has 9 nitrogen and oxygen atoms in total. The van der Waals surface area contributed by atoms with E-state index in [0.29, 0.717) is 40.7 Å². The van der Waals surface area contributed by atoms with E-state index in [0.717, 1.165) is 49.8 Å². The number of hydrogen-bond donors (Lipinski definition) is 0. The topological polar surface area (TPSA) is 108 Å². The predicted molar refractivity (Wildman–Crippen MR) is 161 cm³/mol. The van der Waals surface area contributed by atoms with E-state index in [9.17, 15) is 14.4 Å². The smallest absolute Gasteiger partial charge is 0.312 e. The van der Waals surface area contributed by atoms with Crippen molar-refractivity contribution in [1.82, 2.24) is 14.9 Å². The third-order valence-corrected chi connectivity index (χ3v) is 10.5. The number of aromatic nitrogens is 2. The molecule has 0 unspecified atom stereocenters. The maximum atomic E-state index is 15.9. The second-order valence-corrected chi connectivity index (χ2v) is 14.4. The molecule has 11 heteroatoms. The lowest BCUT2D eigenvalue weighted by Crippen LogP contribution is -2.49. The monoisotopic (exact) mass is 627 g/mol. The summed E-state index contributed by atoms with van der Waals surface area (Å²) in [6.07, 6.45) is 5.02. The zero-order valence-corrected chi connectivity index (χ0v) is 26.5. The zero-order valence-electron chi connectivity index (χ0n) is 26.5. The van der Waals surface area contributed by atoms with Crippen LogP contribution in [-0.2, 0) is 25.5 Å². The number of methoxy groups -OCH3 is 1. The number of aldehydes is 1. The molecule has 3 heterocycles. The van der Waals surface area contributed by atoms with Crippen LogP contribution in [-0.4, -0.2) is 70.9 Å². The quantitative estimate of drug-likeness (QED) is 0.315. The number of benzene rings is 1. The zero-order chi connectivity index (χ0) is 32.1. The molecule has 244 valence electrons. The summed E-state index contributed by atoms with van der Waals surface area (Å²) in [6, 6.07) is 3.14. The van der Waals surface area contributed by atoms with E-state index in [4.69, 9.17) is 19.2 Å². The maximum absolute atomic E-state index is 15.9. The fraction of sp³-hybridized carbons (Fsp3) is 0.676. The number of carbonyl (C=O) groups is 3. The Hall–Kier alpha value is -3.37. The molecule has 0 radical (unpaired) electrons. The average Bonchev–Trinajstić information content (AvgIpc) is 3.66. The van der Waals surface area contributed by atoms with E-state index in [-0.39, 0.29) is 30.6 Å². The molecule has 1 aromatic heterocycles. The first-order valence-corrected chi connectivity index (χ1v) is 16.2. The molecule has 4 aliphatic rings. The largest absolute Gasteiger partial charge is 0.497 e. The normalized spacial score (nSPS) is 32.2. The highest BCUT2D eigenvalue weighted by Crippen LogP contribution is 2.52. The number of amides is 1. The third-order valence-electron chi connectivity index (χ3n) is 10.5. The van der Waals surface area contributed by atoms with Gasteiger partial charge in [-0.05, 0) is 73.8 Å². The number of carbonyl (C=O) groups excluding carboxylic acids is 3. The van der Waals surface area contributed by atoms with Gasteiger partial charge in [0.05, 0.1) is 37.0 Å². The highest BCUT2D eigenvalue weighted by molar-refractivity contribution is 5.87. The number of esters is 1. The van der Waals surface area contributed by atoms with Gasteiger partial charge in [0.25, 0.3) is 0 Å². The Balaban J connectivity index is 1.37. The van der Waals surface area contributed by atoms with Gasteiger partial charge in [-0.25, -0.2) is 9.97 Å². The predicted octanol–water partition coefficient (Wildman–Crippen LogP) is 5.56. The Labute approximate surface area is 262 Å². The van der Waals surface area contributed by atoms with Gasteiger partial charge in [-0.2, -0.15) is 8.78 Å². The van der Waals surface area contributed by atoms with Crippen LogP contribution in [0.1, 0.15) is 77.8 Å². The average molecular weight is 628 g/mol. The molecule has 4 bridgehead atoms. The van der Waals surface area contributed by atoms with Crippen molar-refractivity contribution in [1.29, 1.82) is 0 Å². The van der Waals surface area contributed by atoms with E-state index < -0.39 is 47.8 Å². The molecular formula is C34H43F2N3O6. The molecule has 1 saturated heterocycles. The molecule has 0 spiro atoms. The van der Waals surface area contributed by atoms with Crippen molar-refractivity contribution in [2.75, 3.05) is 13.7 Å². The second-order valence-electron chi connectivity index (χ2n) is 14.4. The van der Waals surface area contributed by atoms with Crippen LogP contribution in [0.25, 0.3) is 11.0 Å². The number of fused-ring (bicyclic) bond motifs is 9. The Kier molecular flexibility index (Phi) is 8.50. The summed E-state index contributed by atoms with van der Waals surface area (Å²) in [7, 11) is 1.52. The molecule has 1 amide bonds. The van der Waals surface area contributed by atoms with Gasteiger partial charge in [0, 0.05) is 6.07 Å². The van der Waals surface area contributed by atoms with Gasteiger partial charge in [-0.1, -0.05) is 33.6 Å². The molecule has 0 N–H and O–H groups in total. The van der Waals surface area contributed by atoms with Gasteiger partial charge in [-0.15, -0.1) is 0 Å². The first-order valence-electron chi connectivity index (χ1n) is 16.2. The van der Waals surface area contributed by atoms with Crippen molar-refractivity contribution in [2.45, 2.75) is 103 Å². The molecule has 2 aliphatic heterocycles. The lowest BCUT2D eigenvalue weighted by molar-refractivity contribution is -0.161. The SMILES string of the molecule is COc1ccc2nc3c(nc2c1)O[C@H]1CN(C(=O)[C@H](C(C)(C)C)CC(=O)O[C@@H]2[C@H]4CC[C@H](C4)[C@H]2CCCCC3)[C@H](C=O)C1(F)F. The number of halogens is 2. The molecule has 1 aromatic carbocycles. The first-order chi connectivity index (χ1) is 21.4. The summed E-state index contributed by atoms with van der Waals surface area (Å²) in [5, 5.41) is 0. The number of alkyl halides is 2. The Morgan fingerprint density at radius 2 is 1.80 bits per heavy atom. The summed E-state index contributed by atoms with van der Waals surface area (Å²) in [5.74, 6) is -4.23. The van der Waals surface area contributed by atoms with Crippen molar-refractivity contribution in [3.63, 3.8) is 0 Å². The highest BCUT2D eigenvalue weighted by atomic mass is 19.3. The fourth-order valence-corrected chi connectivity index (χ4v) is 8.01. The van der Waals surface area contributed by atoms with Gasteiger partial charge < -0.3 is 23.9 Å². The van der Waals surface area contributed by atoms with Gasteiger partial charge in [0.2, 0.25) is 11.8 Å². The lowest BCUT2D eigenvalue weighted by Gasteiger charge is -2.35. The van der Waals surface area contributed by atoms with Crippen molar-refractivity contribution >= 4 is 29.2 Å². The summed E-state index contributed by atoms with van der Waals surface area (Å²) in [6.45, 7) is 4.83. The third kappa shape index (κ3) is 5.99. The van der Waals surface area contributed by atoms with E-state index in [1.807, 2.05) is 0 Å². The minimum Gasteiger partial charge on any atom is -0.497 e. The Bertz CT molecular complexity index is 1460. The lowest BCUT2D eigenvalue weighted by atomic mass is 9.77. The van der Waals surface area contributed by atoms with Gasteiger partial charge >= 0.3 is 11.9 Å². The molecule has 45 heavy (non-hydrogen) atoms. The van der Waals surface area contributed by atoms with Gasteiger partial charge in [0.15, 0.2) is 12.1 Å². The van der Waals surface area contributed by atoms with Crippen LogP contribution in [0.2, 0.25) is 0 Å². The summed E-state index contributed by atoms with van der Waals surface area (Å²) >= 11 is 0. The maximum Gasteiger partial charge on any atom is 0.312 e. The van der Waals surface area contributed by atoms with Crippen LogP contribution >= 0.6 is 0 Å². The minimum absolute atomic E-state index is 0.0374. The standard InChI is InChI=1S/C34H43F2N3O6/c1-33(2,3)23-16-29(41)45-30-20-11-10-19(14-20)22(30)8-6-5-7-9-25-31(38-26-15-21(43-4)12-13-24(26)37-25)44-28-17-39(32(23)42)27(18-40)34(28,35)36/h12-13,15,18-20,22-23,27-28,30H,5-11,14,16-17H2,1-4H3/t19-,20+,22-,23-,27-,28+,30-/m1/s1. The second kappa shape index (κ2) is 12.1. The van der Waals surface area contributed by atoms with Crippen LogP contribution in [0.5, 0.6) is 11.6 Å². The van der Waals surface area contributed by atoms with Crippen LogP contribution in [0.4, 0.5) is 8.78 Å². The molecule has 7 atom stereocenters. The fourth-order valence-electron chi connectivity index (χ4n) is 8.01. The van der Waals surface area contributed by atoms with Crippen molar-refractivity contribution in [2.24, 2.45) is 29.1 Å². The highest BCUT2D eigenvalue weighted by Gasteiger charge is 2.61. The van der Waals surface area contributed by atoms with E-state index in [2.05, 4.69) is 4.98 Å². The van der Waals surface area contributed by atoms with Crippen molar-refractivity contribution < 1.29 is 37.4 Å². The Morgan fingerprint density at radius 1 is 1.02 bits per heavy atom. The number of nitrogens with zero attached hydrogens (tertiary/aromatic N) is 3. The van der Waals surface area contributed by atoms with Gasteiger partial charge in [0.1, 0.15) is 23.8 Å². The molecule has 2 aromatic rings. The minimum atomic E-state index is -3.71. The number of aryl methyl sites for hydroxylation is 1. The number of rotatable bonds is 2. The van der Waals surface area contributed by atoms with Crippen LogP contribution < -0.4 is 9.47 Å². The molecule has 6 rings (SSSR count). The Morgan fingerprint density at radius 3 is 2.53 bits per heavy atom. The van der Waals surface area contributed by atoms with Crippen LogP contribution in [0, 0.1) is 29.1 Å². The van der Waals surface area contributed by atoms with E-state index >= 15 is 8.78 Å². The molecular weight excluding hydrogens is 584 g/mol. The summed E-state index contributed by atoms with van der Waals surface area (Å²) in [5.41, 5.74) is 0.699.